The van der Waals surface area contributed by atoms with Crippen LogP contribution in [-0.4, -0.2) is 23.3 Å². The molecule has 194 valence electrons. The molecule has 0 saturated heterocycles. The van der Waals surface area contributed by atoms with Gasteiger partial charge in [0.05, 0.1) is 34.2 Å². The monoisotopic (exact) mass is 544 g/mol. The molecule has 0 atom stereocenters. The zero-order chi connectivity index (χ0) is 27.5. The van der Waals surface area contributed by atoms with Gasteiger partial charge in [-0.3, -0.25) is 0 Å². The number of alkyl halides is 3. The average molecular weight is 544 g/mol. The Morgan fingerprint density at radius 1 is 0.949 bits per heavy atom. The van der Waals surface area contributed by atoms with E-state index in [1.54, 1.807) is 43.6 Å². The van der Waals surface area contributed by atoms with Crippen molar-refractivity contribution in [3.05, 3.63) is 119 Å². The van der Waals surface area contributed by atoms with E-state index in [9.17, 15) is 31.5 Å². The van der Waals surface area contributed by atoms with Crippen molar-refractivity contribution in [1.29, 1.82) is 0 Å². The number of benzene rings is 3. The molecule has 39 heavy (non-hydrogen) atoms. The number of carboxylic acid groups (broad SMARTS) is 1. The van der Waals surface area contributed by atoms with Gasteiger partial charge in [-0.2, -0.15) is 13.2 Å². The van der Waals surface area contributed by atoms with Gasteiger partial charge in [0, 0.05) is 24.0 Å². The molecule has 0 bridgehead atoms. The predicted molar refractivity (Wildman–Crippen MR) is 132 cm³/mol. The van der Waals surface area contributed by atoms with Crippen LogP contribution in [0.2, 0.25) is 0 Å². The van der Waals surface area contributed by atoms with E-state index < -0.39 is 27.7 Å². The van der Waals surface area contributed by atoms with Crippen molar-refractivity contribution >= 4 is 16.0 Å². The Balaban J connectivity index is 0.00000420. The summed E-state index contributed by atoms with van der Waals surface area (Å²) in [5.74, 6) is 1.31. The van der Waals surface area contributed by atoms with E-state index in [4.69, 9.17) is 0 Å². The predicted octanol–water partition coefficient (Wildman–Crippen LogP) is 1.37. The Kier molecular flexibility index (Phi) is 9.03. The van der Waals surface area contributed by atoms with Crippen LogP contribution in [0.1, 0.15) is 32.6 Å². The normalized spacial score (nSPS) is 11.2. The maximum Gasteiger partial charge on any atom is 1.00 e. The number of carbonyl (C=O) groups is 1. The Morgan fingerprint density at radius 2 is 1.56 bits per heavy atom. The van der Waals surface area contributed by atoms with Crippen molar-refractivity contribution in [2.75, 3.05) is 0 Å². The van der Waals surface area contributed by atoms with Gasteiger partial charge in [0.2, 0.25) is 0 Å². The quantitative estimate of drug-likeness (QED) is 0.209. The fraction of sp³-hybridized carbons (Fsp3) is 0.107. The molecule has 0 aliphatic carbocycles. The molecule has 4 aromatic rings. The number of carboxylic acids is 1. The van der Waals surface area contributed by atoms with E-state index in [2.05, 4.69) is 12.0 Å². The first kappa shape index (κ1) is 29.7. The summed E-state index contributed by atoms with van der Waals surface area (Å²) in [5.41, 5.74) is 0.489. The number of hydrogen-bond donors (Lipinski definition) is 0. The number of aryl methyl sites for hydroxylation is 1. The first-order chi connectivity index (χ1) is 18.0. The van der Waals surface area contributed by atoms with Gasteiger partial charge >= 0.3 is 25.0 Å². The SMILES string of the molecule is Cc1ccc(S(=O)(=O)N(C#Cc2cccc(C(=O)[O-])c2-n2cccc2)Cc2ccc(C(F)(F)F)cc2)cc1.[Li+]. The van der Waals surface area contributed by atoms with Gasteiger partial charge < -0.3 is 14.5 Å². The largest absolute Gasteiger partial charge is 1.00 e. The van der Waals surface area contributed by atoms with Crippen molar-refractivity contribution in [2.45, 2.75) is 24.5 Å². The first-order valence-corrected chi connectivity index (χ1v) is 12.7. The number of hydrogen-bond acceptors (Lipinski definition) is 4. The topological polar surface area (TPSA) is 82.4 Å². The molecule has 0 unspecified atom stereocenters. The number of sulfonamides is 1. The van der Waals surface area contributed by atoms with E-state index in [-0.39, 0.29) is 52.7 Å². The summed E-state index contributed by atoms with van der Waals surface area (Å²) in [6.07, 6.45) is -1.32. The third kappa shape index (κ3) is 6.76. The van der Waals surface area contributed by atoms with Crippen molar-refractivity contribution in [1.82, 2.24) is 8.87 Å². The van der Waals surface area contributed by atoms with Gasteiger partial charge in [-0.15, -0.1) is 0 Å². The number of carbonyl (C=O) groups excluding carboxylic acids is 1. The molecule has 0 fully saturated rings. The smallest absolute Gasteiger partial charge is 0.545 e. The van der Waals surface area contributed by atoms with E-state index in [0.717, 1.165) is 22.0 Å². The average Bonchev–Trinajstić information content (AvgIpc) is 3.41. The standard InChI is InChI=1S/C28H21F3N2O4S.Li/c1-20-7-13-24(14-8-20)38(36,37)33(19-21-9-11-23(12-10-21)28(29,30)31)18-15-22-5-4-6-25(27(34)35)26(22)32-16-2-3-17-32;/h2-14,16-17H,19H2,1H3,(H,34,35);/q;+1/p-1. The molecule has 0 radical (unpaired) electrons. The van der Waals surface area contributed by atoms with Gasteiger partial charge in [0.25, 0.3) is 10.0 Å². The van der Waals surface area contributed by atoms with Gasteiger partial charge in [-0.1, -0.05) is 42.0 Å². The minimum Gasteiger partial charge on any atom is -0.545 e. The zero-order valence-corrected chi connectivity index (χ0v) is 21.8. The Labute approximate surface area is 235 Å². The second-order valence-corrected chi connectivity index (χ2v) is 10.2. The van der Waals surface area contributed by atoms with Crippen LogP contribution < -0.4 is 24.0 Å². The number of halogens is 3. The number of para-hydroxylation sites is 1. The molecular weight excluding hydrogens is 524 g/mol. The minimum atomic E-state index is -4.54. The van der Waals surface area contributed by atoms with Crippen LogP contribution in [0.4, 0.5) is 13.2 Å². The molecule has 11 heteroatoms. The van der Waals surface area contributed by atoms with Crippen LogP contribution in [0.3, 0.4) is 0 Å². The van der Waals surface area contributed by atoms with Crippen LogP contribution in [-0.2, 0) is 22.7 Å². The minimum absolute atomic E-state index is 0. The summed E-state index contributed by atoms with van der Waals surface area (Å²) in [4.78, 5) is 11.7. The number of nitrogens with zero attached hydrogens (tertiary/aromatic N) is 2. The van der Waals surface area contributed by atoms with Gasteiger partial charge in [-0.05, 0) is 60.9 Å². The van der Waals surface area contributed by atoms with E-state index in [1.807, 2.05) is 0 Å². The molecule has 1 heterocycles. The number of aromatic nitrogens is 1. The van der Waals surface area contributed by atoms with Crippen molar-refractivity contribution < 1.29 is 50.4 Å². The second kappa shape index (κ2) is 11.9. The maximum absolute atomic E-state index is 13.5. The van der Waals surface area contributed by atoms with Crippen LogP contribution >= 0.6 is 0 Å². The molecule has 0 aliphatic rings. The molecule has 0 saturated carbocycles. The molecule has 3 aromatic carbocycles. The van der Waals surface area contributed by atoms with Crippen molar-refractivity contribution in [3.63, 3.8) is 0 Å². The Hall–Kier alpha value is -3.89. The summed E-state index contributed by atoms with van der Waals surface area (Å²) < 4.78 is 68.4. The molecular formula is C28H20F3LiN2O4S. The summed E-state index contributed by atoms with van der Waals surface area (Å²) in [6, 6.07) is 20.5. The van der Waals surface area contributed by atoms with Crippen molar-refractivity contribution in [3.8, 4) is 17.7 Å². The third-order valence-electron chi connectivity index (χ3n) is 5.65. The fourth-order valence-corrected chi connectivity index (χ4v) is 4.90. The zero-order valence-electron chi connectivity index (χ0n) is 20.9. The number of rotatable bonds is 6. The van der Waals surface area contributed by atoms with E-state index in [1.165, 1.54) is 47.0 Å². The molecule has 0 spiro atoms. The van der Waals surface area contributed by atoms with Gasteiger partial charge in [-0.25, -0.2) is 12.7 Å². The molecule has 0 amide bonds. The maximum atomic E-state index is 13.5. The molecule has 0 N–H and O–H groups in total. The molecule has 4 rings (SSSR count). The Morgan fingerprint density at radius 3 is 2.13 bits per heavy atom. The Bertz CT molecular complexity index is 1620. The van der Waals surface area contributed by atoms with E-state index >= 15 is 0 Å². The second-order valence-electron chi connectivity index (χ2n) is 8.34. The number of aromatic carboxylic acids is 1. The molecule has 6 nitrogen and oxygen atoms in total. The van der Waals surface area contributed by atoms with Crippen LogP contribution in [0, 0.1) is 18.9 Å². The van der Waals surface area contributed by atoms with Gasteiger partial charge in [0.1, 0.15) is 0 Å². The van der Waals surface area contributed by atoms with Crippen molar-refractivity contribution in [2.24, 2.45) is 0 Å². The van der Waals surface area contributed by atoms with Crippen LogP contribution in [0.25, 0.3) is 5.69 Å². The third-order valence-corrected chi connectivity index (χ3v) is 7.32. The first-order valence-electron chi connectivity index (χ1n) is 11.2. The van der Waals surface area contributed by atoms with Crippen LogP contribution in [0.5, 0.6) is 0 Å². The van der Waals surface area contributed by atoms with Crippen LogP contribution in [0.15, 0.2) is 96.2 Å². The van der Waals surface area contributed by atoms with Gasteiger partial charge in [0.15, 0.2) is 0 Å². The molecule has 1 aromatic heterocycles. The summed E-state index contributed by atoms with van der Waals surface area (Å²) >= 11 is 0. The summed E-state index contributed by atoms with van der Waals surface area (Å²) in [7, 11) is -4.22. The summed E-state index contributed by atoms with van der Waals surface area (Å²) in [6.45, 7) is 1.45. The summed E-state index contributed by atoms with van der Waals surface area (Å²) in [5, 5.41) is 11.8. The van der Waals surface area contributed by atoms with E-state index in [0.29, 0.717) is 0 Å². The molecule has 0 aliphatic heterocycles. The fourth-order valence-electron chi connectivity index (χ4n) is 3.68.